The second kappa shape index (κ2) is 7.06. The number of halogens is 1. The Kier molecular flexibility index (Phi) is 4.58. The zero-order valence-electron chi connectivity index (χ0n) is 15.5. The lowest BCUT2D eigenvalue weighted by Crippen LogP contribution is -2.44. The average molecular weight is 384 g/mol. The highest BCUT2D eigenvalue weighted by Gasteiger charge is 2.32. The second-order valence-electron chi connectivity index (χ2n) is 7.03. The van der Waals surface area contributed by atoms with Gasteiger partial charge in [0.15, 0.2) is 11.6 Å². The Morgan fingerprint density at radius 3 is 3.04 bits per heavy atom. The Balaban J connectivity index is 1.69. The van der Waals surface area contributed by atoms with Crippen molar-refractivity contribution in [1.82, 2.24) is 25.0 Å². The largest absolute Gasteiger partial charge is 0.363 e. The van der Waals surface area contributed by atoms with Crippen LogP contribution in [0.25, 0.3) is 11.3 Å². The highest BCUT2D eigenvalue weighted by Crippen LogP contribution is 2.33. The maximum Gasteiger partial charge on any atom is 0.254 e. The number of aromatic nitrogens is 3. The molecular weight excluding hydrogens is 363 g/mol. The Hall–Kier alpha value is -3.23. The molecule has 0 aromatic carbocycles. The number of hydrogen-bond donors (Lipinski definition) is 2. The van der Waals surface area contributed by atoms with E-state index in [1.807, 2.05) is 0 Å². The average Bonchev–Trinajstić information content (AvgIpc) is 3.30. The highest BCUT2D eigenvalue weighted by atomic mass is 19.1. The zero-order valence-corrected chi connectivity index (χ0v) is 15.5. The Morgan fingerprint density at radius 1 is 1.50 bits per heavy atom. The molecule has 2 N–H and O–H groups in total. The monoisotopic (exact) mass is 384 g/mol. The number of carbonyl (C=O) groups excluding carboxylic acids is 2. The van der Waals surface area contributed by atoms with Crippen molar-refractivity contribution in [3.8, 4) is 11.3 Å². The first kappa shape index (κ1) is 18.1. The molecule has 0 spiro atoms. The predicted molar refractivity (Wildman–Crippen MR) is 101 cm³/mol. The summed E-state index contributed by atoms with van der Waals surface area (Å²) in [7, 11) is 1.76. The van der Waals surface area contributed by atoms with Crippen LogP contribution in [-0.2, 0) is 18.4 Å². The number of pyridine rings is 1. The predicted octanol–water partition coefficient (Wildman–Crippen LogP) is 1.45. The van der Waals surface area contributed by atoms with Gasteiger partial charge in [0.1, 0.15) is 0 Å². The molecule has 8 nitrogen and oxygen atoms in total. The molecular formula is C19H21FN6O2. The number of anilines is 1. The SMILES string of the molecule is C=CC(=O)N1CCCC(Nc2nc(-c3cnn(C)c3)c3c(c2F)CNC3=O)C1. The van der Waals surface area contributed by atoms with Crippen molar-refractivity contribution in [3.63, 3.8) is 0 Å². The lowest BCUT2D eigenvalue weighted by atomic mass is 10.0. The van der Waals surface area contributed by atoms with Crippen LogP contribution in [0.3, 0.4) is 0 Å². The van der Waals surface area contributed by atoms with E-state index in [9.17, 15) is 9.59 Å². The third-order valence-corrected chi connectivity index (χ3v) is 5.11. The van der Waals surface area contributed by atoms with Gasteiger partial charge in [0.2, 0.25) is 5.91 Å². The van der Waals surface area contributed by atoms with Gasteiger partial charge in [-0.2, -0.15) is 5.10 Å². The number of rotatable bonds is 4. The maximum atomic E-state index is 15.1. The summed E-state index contributed by atoms with van der Waals surface area (Å²) >= 11 is 0. The molecule has 2 aliphatic rings. The van der Waals surface area contributed by atoms with Crippen LogP contribution in [0, 0.1) is 5.82 Å². The van der Waals surface area contributed by atoms with Gasteiger partial charge >= 0.3 is 0 Å². The van der Waals surface area contributed by atoms with E-state index < -0.39 is 5.82 Å². The first-order valence-electron chi connectivity index (χ1n) is 9.15. The van der Waals surface area contributed by atoms with Crippen molar-refractivity contribution in [2.24, 2.45) is 7.05 Å². The summed E-state index contributed by atoms with van der Waals surface area (Å²) in [4.78, 5) is 30.3. The number of fused-ring (bicyclic) bond motifs is 1. The molecule has 1 saturated heterocycles. The summed E-state index contributed by atoms with van der Waals surface area (Å²) in [6.07, 6.45) is 6.22. The van der Waals surface area contributed by atoms with Gasteiger partial charge in [-0.1, -0.05) is 6.58 Å². The topological polar surface area (TPSA) is 92.2 Å². The van der Waals surface area contributed by atoms with Gasteiger partial charge < -0.3 is 15.5 Å². The lowest BCUT2D eigenvalue weighted by molar-refractivity contribution is -0.127. The molecule has 0 aliphatic carbocycles. The molecule has 2 amide bonds. The van der Waals surface area contributed by atoms with E-state index in [0.717, 1.165) is 12.8 Å². The minimum atomic E-state index is -0.534. The van der Waals surface area contributed by atoms with Crippen LogP contribution in [0.4, 0.5) is 10.2 Å². The molecule has 28 heavy (non-hydrogen) atoms. The van der Waals surface area contributed by atoms with Crippen LogP contribution in [0.15, 0.2) is 25.0 Å². The van der Waals surface area contributed by atoms with E-state index in [0.29, 0.717) is 29.9 Å². The standard InChI is InChI=1S/C19H21FN6O2/c1-3-14(27)26-6-4-5-12(10-26)23-18-16(20)13-8-21-19(28)15(13)17(24-18)11-7-22-25(2)9-11/h3,7,9,12H,1,4-6,8,10H2,2H3,(H,21,28)(H,23,24). The fourth-order valence-corrected chi connectivity index (χ4v) is 3.75. The first-order chi connectivity index (χ1) is 13.5. The van der Waals surface area contributed by atoms with Crippen molar-refractivity contribution in [1.29, 1.82) is 0 Å². The highest BCUT2D eigenvalue weighted by molar-refractivity contribution is 6.04. The number of amides is 2. The van der Waals surface area contributed by atoms with Crippen molar-refractivity contribution < 1.29 is 14.0 Å². The Bertz CT molecular complexity index is 970. The van der Waals surface area contributed by atoms with E-state index in [2.05, 4.69) is 27.3 Å². The Labute approximate surface area is 161 Å². The van der Waals surface area contributed by atoms with Crippen LogP contribution in [0.1, 0.15) is 28.8 Å². The number of carbonyl (C=O) groups is 2. The Morgan fingerprint density at radius 2 is 2.32 bits per heavy atom. The van der Waals surface area contributed by atoms with Gasteiger partial charge in [-0.15, -0.1) is 0 Å². The molecule has 0 saturated carbocycles. The fourth-order valence-electron chi connectivity index (χ4n) is 3.75. The summed E-state index contributed by atoms with van der Waals surface area (Å²) in [6.45, 7) is 4.75. The van der Waals surface area contributed by atoms with Crippen LogP contribution >= 0.6 is 0 Å². The van der Waals surface area contributed by atoms with Crippen molar-refractivity contribution in [3.05, 3.63) is 42.0 Å². The molecule has 4 heterocycles. The molecule has 2 aliphatic heterocycles. The second-order valence-corrected chi connectivity index (χ2v) is 7.03. The van der Waals surface area contributed by atoms with E-state index in [1.54, 1.807) is 29.0 Å². The van der Waals surface area contributed by atoms with E-state index >= 15 is 4.39 Å². The molecule has 4 rings (SSSR count). The lowest BCUT2D eigenvalue weighted by Gasteiger charge is -2.33. The quantitative estimate of drug-likeness (QED) is 0.779. The normalized spacial score (nSPS) is 18.6. The van der Waals surface area contributed by atoms with E-state index in [-0.39, 0.29) is 35.8 Å². The van der Waals surface area contributed by atoms with E-state index in [4.69, 9.17) is 0 Å². The third-order valence-electron chi connectivity index (χ3n) is 5.11. The molecule has 9 heteroatoms. The molecule has 146 valence electrons. The zero-order chi connectivity index (χ0) is 19.8. The van der Waals surface area contributed by atoms with Crippen LogP contribution in [-0.4, -0.2) is 50.6 Å². The summed E-state index contributed by atoms with van der Waals surface area (Å²) < 4.78 is 16.7. The molecule has 1 fully saturated rings. The van der Waals surface area contributed by atoms with Gasteiger partial charge in [0.05, 0.1) is 17.5 Å². The first-order valence-corrected chi connectivity index (χ1v) is 9.15. The minimum Gasteiger partial charge on any atom is -0.363 e. The van der Waals surface area contributed by atoms with Crippen molar-refractivity contribution in [2.45, 2.75) is 25.4 Å². The van der Waals surface area contributed by atoms with Crippen LogP contribution in [0.5, 0.6) is 0 Å². The van der Waals surface area contributed by atoms with Gasteiger partial charge in [0.25, 0.3) is 5.91 Å². The number of piperidine rings is 1. The molecule has 1 unspecified atom stereocenters. The van der Waals surface area contributed by atoms with E-state index in [1.165, 1.54) is 6.08 Å². The summed E-state index contributed by atoms with van der Waals surface area (Å²) in [5, 5.41) is 9.93. The summed E-state index contributed by atoms with van der Waals surface area (Å²) in [5.41, 5.74) is 1.60. The molecule has 2 aromatic heterocycles. The van der Waals surface area contributed by atoms with Crippen LogP contribution < -0.4 is 10.6 Å². The van der Waals surface area contributed by atoms with Crippen molar-refractivity contribution in [2.75, 3.05) is 18.4 Å². The smallest absolute Gasteiger partial charge is 0.254 e. The molecule has 0 radical (unpaired) electrons. The van der Waals surface area contributed by atoms with Gasteiger partial charge in [0, 0.05) is 50.0 Å². The number of likely N-dealkylation sites (tertiary alicyclic amines) is 1. The maximum absolute atomic E-state index is 15.1. The fraction of sp³-hybridized carbons (Fsp3) is 0.368. The molecule has 1 atom stereocenters. The van der Waals surface area contributed by atoms with Crippen molar-refractivity contribution >= 4 is 17.6 Å². The third kappa shape index (κ3) is 3.12. The number of nitrogens with zero attached hydrogens (tertiary/aromatic N) is 4. The van der Waals surface area contributed by atoms with Gasteiger partial charge in [-0.05, 0) is 18.9 Å². The molecule has 2 aromatic rings. The number of hydrogen-bond acceptors (Lipinski definition) is 5. The minimum absolute atomic E-state index is 0.0898. The van der Waals surface area contributed by atoms with Gasteiger partial charge in [-0.25, -0.2) is 9.37 Å². The number of aryl methyl sites for hydroxylation is 1. The summed E-state index contributed by atoms with van der Waals surface area (Å²) in [5.74, 6) is -0.924. The number of nitrogens with one attached hydrogen (secondary N) is 2. The van der Waals surface area contributed by atoms with Gasteiger partial charge in [-0.3, -0.25) is 14.3 Å². The van der Waals surface area contributed by atoms with Crippen LogP contribution in [0.2, 0.25) is 0 Å². The summed E-state index contributed by atoms with van der Waals surface area (Å²) in [6, 6.07) is -0.135. The molecule has 0 bridgehead atoms.